The van der Waals surface area contributed by atoms with Crippen LogP contribution in [0.25, 0.3) is 0 Å². The summed E-state index contributed by atoms with van der Waals surface area (Å²) in [5.41, 5.74) is 2.66. The summed E-state index contributed by atoms with van der Waals surface area (Å²) < 4.78 is 6.30. The van der Waals surface area contributed by atoms with Crippen molar-refractivity contribution in [3.63, 3.8) is 0 Å². The first-order valence-electron chi connectivity index (χ1n) is 10.4. The summed E-state index contributed by atoms with van der Waals surface area (Å²) in [6, 6.07) is 8.11. The molecule has 6 nitrogen and oxygen atoms in total. The highest BCUT2D eigenvalue weighted by atomic mass is 16.5. The maximum Gasteiger partial charge on any atom is 0.229 e. The smallest absolute Gasteiger partial charge is 0.229 e. The number of rotatable bonds is 8. The van der Waals surface area contributed by atoms with E-state index >= 15 is 0 Å². The van der Waals surface area contributed by atoms with Gasteiger partial charge in [-0.3, -0.25) is 4.90 Å². The minimum atomic E-state index is 0.481. The third kappa shape index (κ3) is 4.22. The van der Waals surface area contributed by atoms with Gasteiger partial charge in [-0.25, -0.2) is 4.98 Å². The molecule has 6 heteroatoms. The first kappa shape index (κ1) is 19.0. The van der Waals surface area contributed by atoms with Crippen LogP contribution in [-0.4, -0.2) is 47.2 Å². The Morgan fingerprint density at radius 3 is 2.89 bits per heavy atom. The van der Waals surface area contributed by atoms with Crippen LogP contribution in [0.5, 0.6) is 5.75 Å². The van der Waals surface area contributed by atoms with E-state index in [-0.39, 0.29) is 0 Å². The van der Waals surface area contributed by atoms with Crippen molar-refractivity contribution in [1.29, 1.82) is 0 Å². The lowest BCUT2D eigenvalue weighted by Crippen LogP contribution is -2.33. The minimum absolute atomic E-state index is 0.481. The third-order valence-corrected chi connectivity index (χ3v) is 6.11. The van der Waals surface area contributed by atoms with Gasteiger partial charge in [-0.2, -0.15) is 4.98 Å². The van der Waals surface area contributed by atoms with E-state index in [9.17, 15) is 0 Å². The number of hydrogen-bond donors (Lipinski definition) is 2. The lowest BCUT2D eigenvalue weighted by molar-refractivity contribution is 0.204. The average Bonchev–Trinajstić information content (AvgIpc) is 3.28. The van der Waals surface area contributed by atoms with Crippen molar-refractivity contribution in [2.24, 2.45) is 5.92 Å². The van der Waals surface area contributed by atoms with E-state index in [4.69, 9.17) is 4.74 Å². The summed E-state index contributed by atoms with van der Waals surface area (Å²) in [6.45, 7) is 7.73. The molecule has 2 heterocycles. The summed E-state index contributed by atoms with van der Waals surface area (Å²) in [6.07, 6.45) is 6.64. The highest BCUT2D eigenvalue weighted by Crippen LogP contribution is 2.43. The predicted molar refractivity (Wildman–Crippen MR) is 113 cm³/mol. The van der Waals surface area contributed by atoms with Gasteiger partial charge in [-0.15, -0.1) is 0 Å². The largest absolute Gasteiger partial charge is 0.493 e. The normalized spacial score (nSPS) is 20.8. The van der Waals surface area contributed by atoms with E-state index in [1.54, 1.807) is 6.20 Å². The molecule has 1 saturated heterocycles. The number of benzene rings is 1. The molecule has 0 amide bonds. The van der Waals surface area contributed by atoms with Gasteiger partial charge in [0.05, 0.1) is 6.61 Å². The summed E-state index contributed by atoms with van der Waals surface area (Å²) in [5.74, 6) is 2.95. The van der Waals surface area contributed by atoms with Gasteiger partial charge in [0.1, 0.15) is 11.6 Å². The minimum Gasteiger partial charge on any atom is -0.493 e. The molecule has 1 aromatic heterocycles. The van der Waals surface area contributed by atoms with Gasteiger partial charge in [0.15, 0.2) is 0 Å². The third-order valence-electron chi connectivity index (χ3n) is 6.11. The molecule has 2 aliphatic rings. The summed E-state index contributed by atoms with van der Waals surface area (Å²) in [4.78, 5) is 11.4. The zero-order chi connectivity index (χ0) is 19.6. The first-order chi connectivity index (χ1) is 13.6. The van der Waals surface area contributed by atoms with Crippen LogP contribution < -0.4 is 15.4 Å². The first-order valence-corrected chi connectivity index (χ1v) is 10.4. The molecule has 1 aliphatic carbocycles. The van der Waals surface area contributed by atoms with E-state index in [2.05, 4.69) is 57.5 Å². The molecule has 28 heavy (non-hydrogen) atoms. The quantitative estimate of drug-likeness (QED) is 0.718. The Morgan fingerprint density at radius 2 is 2.14 bits per heavy atom. The predicted octanol–water partition coefficient (Wildman–Crippen LogP) is 4.08. The molecule has 150 valence electrons. The molecular formula is C22H31N5O. The summed E-state index contributed by atoms with van der Waals surface area (Å²) in [7, 11) is 1.85. The number of likely N-dealkylation sites (tertiary alicyclic amines) is 1. The second kappa shape index (κ2) is 7.95. The molecule has 4 rings (SSSR count). The molecule has 1 aromatic carbocycles. The molecule has 2 N–H and O–H groups in total. The Balaban J connectivity index is 1.40. The molecule has 2 aromatic rings. The standard InChI is InChI=1S/C22H31N5O/c1-4-17-5-6-18(25-21-24-11-7-20(23-3)26-21)13-19(17)28-15-16-8-12-27(14-16)22(2)9-10-22/h5-7,11,13,16H,4,8-10,12,14-15H2,1-3H3,(H2,23,24,25,26)/t16-/m1/s1. The van der Waals surface area contributed by atoms with Crippen LogP contribution in [0.3, 0.4) is 0 Å². The molecule has 1 saturated carbocycles. The van der Waals surface area contributed by atoms with Crippen molar-refractivity contribution >= 4 is 17.5 Å². The lowest BCUT2D eigenvalue weighted by atomic mass is 10.1. The number of anilines is 3. The van der Waals surface area contributed by atoms with Crippen LogP contribution >= 0.6 is 0 Å². The Hall–Kier alpha value is -2.34. The van der Waals surface area contributed by atoms with Gasteiger partial charge in [-0.05, 0) is 56.8 Å². The van der Waals surface area contributed by atoms with Crippen molar-refractivity contribution in [2.75, 3.05) is 37.4 Å². The van der Waals surface area contributed by atoms with Gasteiger partial charge in [0.2, 0.25) is 5.95 Å². The van der Waals surface area contributed by atoms with Crippen molar-refractivity contribution < 1.29 is 4.74 Å². The maximum absolute atomic E-state index is 6.30. The molecule has 0 radical (unpaired) electrons. The number of hydrogen-bond acceptors (Lipinski definition) is 6. The molecule has 0 spiro atoms. The van der Waals surface area contributed by atoms with Gasteiger partial charge in [0.25, 0.3) is 0 Å². The molecule has 0 bridgehead atoms. The highest BCUT2D eigenvalue weighted by Gasteiger charge is 2.45. The fourth-order valence-electron chi connectivity index (χ4n) is 3.91. The van der Waals surface area contributed by atoms with Gasteiger partial charge < -0.3 is 15.4 Å². The Morgan fingerprint density at radius 1 is 1.29 bits per heavy atom. The van der Waals surface area contributed by atoms with Gasteiger partial charge in [0, 0.05) is 43.0 Å². The SMILES string of the molecule is CCc1ccc(Nc2nccc(NC)n2)cc1OC[C@@H]1CCN(C2(C)CC2)C1. The Labute approximate surface area is 167 Å². The van der Waals surface area contributed by atoms with Crippen molar-refractivity contribution in [2.45, 2.75) is 45.1 Å². The Bertz CT molecular complexity index is 820. The topological polar surface area (TPSA) is 62.3 Å². The van der Waals surface area contributed by atoms with Gasteiger partial charge >= 0.3 is 0 Å². The van der Waals surface area contributed by atoms with Crippen LogP contribution in [0.2, 0.25) is 0 Å². The Kier molecular flexibility index (Phi) is 5.40. The zero-order valence-corrected chi connectivity index (χ0v) is 17.2. The van der Waals surface area contributed by atoms with Crippen LogP contribution in [0.4, 0.5) is 17.5 Å². The lowest BCUT2D eigenvalue weighted by Gasteiger charge is -2.23. The molecule has 0 unspecified atom stereocenters. The number of nitrogens with one attached hydrogen (secondary N) is 2. The summed E-state index contributed by atoms with van der Waals surface area (Å²) in [5, 5.41) is 6.32. The van der Waals surface area contributed by atoms with Crippen LogP contribution in [0, 0.1) is 5.92 Å². The number of aromatic nitrogens is 2. The second-order valence-corrected chi connectivity index (χ2v) is 8.23. The van der Waals surface area contributed by atoms with Crippen molar-refractivity contribution in [3.05, 3.63) is 36.0 Å². The summed E-state index contributed by atoms with van der Waals surface area (Å²) >= 11 is 0. The highest BCUT2D eigenvalue weighted by molar-refractivity contribution is 5.58. The van der Waals surface area contributed by atoms with Crippen LogP contribution in [0.1, 0.15) is 38.7 Å². The maximum atomic E-state index is 6.30. The van der Waals surface area contributed by atoms with Crippen molar-refractivity contribution in [1.82, 2.24) is 14.9 Å². The zero-order valence-electron chi connectivity index (χ0n) is 17.2. The monoisotopic (exact) mass is 381 g/mol. The van der Waals surface area contributed by atoms with E-state index in [0.29, 0.717) is 17.4 Å². The molecule has 2 fully saturated rings. The molecule has 1 atom stereocenters. The van der Waals surface area contributed by atoms with E-state index in [0.717, 1.165) is 30.3 Å². The molecular weight excluding hydrogens is 350 g/mol. The number of ether oxygens (including phenoxy) is 1. The number of nitrogens with zero attached hydrogens (tertiary/aromatic N) is 3. The number of aryl methyl sites for hydroxylation is 1. The van der Waals surface area contributed by atoms with Gasteiger partial charge in [-0.1, -0.05) is 13.0 Å². The van der Waals surface area contributed by atoms with Crippen LogP contribution in [0.15, 0.2) is 30.5 Å². The van der Waals surface area contributed by atoms with E-state index in [1.165, 1.54) is 37.9 Å². The molecule has 1 aliphatic heterocycles. The van der Waals surface area contributed by atoms with Crippen molar-refractivity contribution in [3.8, 4) is 5.75 Å². The van der Waals surface area contributed by atoms with Crippen LogP contribution in [-0.2, 0) is 6.42 Å². The second-order valence-electron chi connectivity index (χ2n) is 8.23. The fourth-order valence-corrected chi connectivity index (χ4v) is 3.91. The average molecular weight is 382 g/mol. The van der Waals surface area contributed by atoms with E-state index in [1.807, 2.05) is 13.1 Å². The fraction of sp³-hybridized carbons (Fsp3) is 0.545. The van der Waals surface area contributed by atoms with E-state index < -0.39 is 0 Å².